The van der Waals surface area contributed by atoms with Crippen LogP contribution in [0.5, 0.6) is 0 Å². The highest BCUT2D eigenvalue weighted by Crippen LogP contribution is 2.34. The predicted molar refractivity (Wildman–Crippen MR) is 71.1 cm³/mol. The average molecular weight is 243 g/mol. The molecule has 1 aliphatic rings. The Morgan fingerprint density at radius 2 is 2.00 bits per heavy atom. The largest absolute Gasteiger partial charge is 0.325 e. The van der Waals surface area contributed by atoms with Gasteiger partial charge in [0.2, 0.25) is 5.91 Å². The second-order valence-corrected chi connectivity index (χ2v) is 5.23. The summed E-state index contributed by atoms with van der Waals surface area (Å²) in [5.41, 5.74) is 2.03. The number of rotatable bonds is 3. The Kier molecular flexibility index (Phi) is 2.69. The van der Waals surface area contributed by atoms with E-state index in [1.807, 2.05) is 30.3 Å². The zero-order valence-corrected chi connectivity index (χ0v) is 10.2. The smallest absolute Gasteiger partial charge is 0.227 e. The molecule has 2 nitrogen and oxygen atoms in total. The number of hydrogen-bond donors (Lipinski definition) is 1. The molecule has 0 radical (unpaired) electrons. The van der Waals surface area contributed by atoms with E-state index in [4.69, 9.17) is 0 Å². The van der Waals surface area contributed by atoms with Crippen molar-refractivity contribution in [1.29, 1.82) is 0 Å². The molecule has 1 heterocycles. The third-order valence-electron chi connectivity index (χ3n) is 2.92. The van der Waals surface area contributed by atoms with Gasteiger partial charge >= 0.3 is 0 Å². The Balaban J connectivity index is 1.90. The van der Waals surface area contributed by atoms with Gasteiger partial charge in [0.25, 0.3) is 0 Å². The van der Waals surface area contributed by atoms with E-state index in [9.17, 15) is 4.79 Å². The van der Waals surface area contributed by atoms with Gasteiger partial charge in [-0.1, -0.05) is 24.3 Å². The minimum absolute atomic E-state index is 0.161. The van der Waals surface area contributed by atoms with Crippen molar-refractivity contribution < 1.29 is 4.79 Å². The highest BCUT2D eigenvalue weighted by Gasteiger charge is 2.29. The molecule has 0 atom stereocenters. The minimum atomic E-state index is 0.161. The van der Waals surface area contributed by atoms with E-state index < -0.39 is 0 Å². The molecule has 0 unspecified atom stereocenters. The van der Waals surface area contributed by atoms with E-state index in [1.54, 1.807) is 11.3 Å². The summed E-state index contributed by atoms with van der Waals surface area (Å²) in [5.74, 6) is 0.403. The first kappa shape index (κ1) is 10.5. The number of hydrogen-bond acceptors (Lipinski definition) is 2. The first-order valence-corrected chi connectivity index (χ1v) is 6.66. The van der Waals surface area contributed by atoms with Gasteiger partial charge in [-0.15, -0.1) is 11.3 Å². The summed E-state index contributed by atoms with van der Waals surface area (Å²) >= 11 is 1.69. The molecule has 0 aliphatic heterocycles. The van der Waals surface area contributed by atoms with Gasteiger partial charge in [0, 0.05) is 22.0 Å². The van der Waals surface area contributed by atoms with E-state index in [2.05, 4.69) is 16.8 Å². The van der Waals surface area contributed by atoms with Gasteiger partial charge in [-0.05, 0) is 30.4 Å². The van der Waals surface area contributed by atoms with Crippen LogP contribution in [0.2, 0.25) is 0 Å². The van der Waals surface area contributed by atoms with Crippen molar-refractivity contribution in [3.05, 3.63) is 41.8 Å². The molecule has 0 saturated heterocycles. The molecule has 1 fully saturated rings. The average Bonchev–Trinajstić information content (AvgIpc) is 3.06. The van der Waals surface area contributed by atoms with Gasteiger partial charge in [-0.2, -0.15) is 0 Å². The Morgan fingerprint density at radius 3 is 2.71 bits per heavy atom. The van der Waals surface area contributed by atoms with Crippen LogP contribution in [0.25, 0.3) is 10.4 Å². The third-order valence-corrected chi connectivity index (χ3v) is 3.82. The number of carbonyl (C=O) groups excluding carboxylic acids is 1. The molecule has 1 amide bonds. The molecule has 3 heteroatoms. The summed E-state index contributed by atoms with van der Waals surface area (Å²) in [6.07, 6.45) is 2.07. The lowest BCUT2D eigenvalue weighted by molar-refractivity contribution is -0.117. The number of nitrogens with one attached hydrogen (secondary N) is 1. The topological polar surface area (TPSA) is 29.1 Å². The molecular formula is C14H13NOS. The first-order valence-electron chi connectivity index (χ1n) is 5.78. The maximum Gasteiger partial charge on any atom is 0.227 e. The molecule has 1 N–H and O–H groups in total. The standard InChI is InChI=1S/C14H13NOS/c16-14(10-7-8-10)15-12-5-2-1-4-11(12)13-6-3-9-17-13/h1-6,9-10H,7-8H2,(H,15,16). The Labute approximate surface area is 104 Å². The zero-order chi connectivity index (χ0) is 11.7. The molecule has 0 bridgehead atoms. The molecule has 1 aromatic heterocycles. The van der Waals surface area contributed by atoms with E-state index in [-0.39, 0.29) is 11.8 Å². The summed E-state index contributed by atoms with van der Waals surface area (Å²) in [7, 11) is 0. The molecule has 1 saturated carbocycles. The van der Waals surface area contributed by atoms with Crippen molar-refractivity contribution in [2.75, 3.05) is 5.32 Å². The summed E-state index contributed by atoms with van der Waals surface area (Å²) in [6.45, 7) is 0. The second-order valence-electron chi connectivity index (χ2n) is 4.29. The van der Waals surface area contributed by atoms with Gasteiger partial charge in [0.1, 0.15) is 0 Å². The summed E-state index contributed by atoms with van der Waals surface area (Å²) in [5, 5.41) is 5.08. The van der Waals surface area contributed by atoms with Crippen molar-refractivity contribution in [3.8, 4) is 10.4 Å². The van der Waals surface area contributed by atoms with Crippen LogP contribution in [0.15, 0.2) is 41.8 Å². The van der Waals surface area contributed by atoms with Crippen molar-refractivity contribution in [3.63, 3.8) is 0 Å². The van der Waals surface area contributed by atoms with Crippen LogP contribution in [0.4, 0.5) is 5.69 Å². The number of benzene rings is 1. The van der Waals surface area contributed by atoms with E-state index in [0.29, 0.717) is 0 Å². The van der Waals surface area contributed by atoms with Crippen molar-refractivity contribution in [2.45, 2.75) is 12.8 Å². The van der Waals surface area contributed by atoms with Gasteiger partial charge < -0.3 is 5.32 Å². The van der Waals surface area contributed by atoms with Crippen LogP contribution >= 0.6 is 11.3 Å². The normalized spacial score (nSPS) is 14.6. The van der Waals surface area contributed by atoms with Crippen LogP contribution in [-0.2, 0) is 4.79 Å². The van der Waals surface area contributed by atoms with Crippen LogP contribution < -0.4 is 5.32 Å². The Bertz CT molecular complexity index is 529. The van der Waals surface area contributed by atoms with Crippen molar-refractivity contribution >= 4 is 22.9 Å². The highest BCUT2D eigenvalue weighted by molar-refractivity contribution is 7.13. The number of carbonyl (C=O) groups is 1. The van der Waals surface area contributed by atoms with Crippen molar-refractivity contribution in [1.82, 2.24) is 0 Å². The SMILES string of the molecule is O=C(Nc1ccccc1-c1cccs1)C1CC1. The minimum Gasteiger partial charge on any atom is -0.325 e. The molecular weight excluding hydrogens is 230 g/mol. The second kappa shape index (κ2) is 4.34. The van der Waals surface area contributed by atoms with Gasteiger partial charge in [0.05, 0.1) is 0 Å². The molecule has 1 aromatic carbocycles. The van der Waals surface area contributed by atoms with E-state index in [0.717, 1.165) is 24.1 Å². The quantitative estimate of drug-likeness (QED) is 0.873. The summed E-state index contributed by atoms with van der Waals surface area (Å²) in [4.78, 5) is 13.0. The van der Waals surface area contributed by atoms with Gasteiger partial charge in [0.15, 0.2) is 0 Å². The number of anilines is 1. The van der Waals surface area contributed by atoms with Crippen LogP contribution in [0.3, 0.4) is 0 Å². The lowest BCUT2D eigenvalue weighted by Crippen LogP contribution is -2.13. The van der Waals surface area contributed by atoms with Crippen LogP contribution in [-0.4, -0.2) is 5.91 Å². The fraction of sp³-hybridized carbons (Fsp3) is 0.214. The maximum absolute atomic E-state index is 11.8. The van der Waals surface area contributed by atoms with E-state index >= 15 is 0 Å². The fourth-order valence-electron chi connectivity index (χ4n) is 1.82. The van der Waals surface area contributed by atoms with E-state index in [1.165, 1.54) is 4.88 Å². The lowest BCUT2D eigenvalue weighted by atomic mass is 10.1. The van der Waals surface area contributed by atoms with Gasteiger partial charge in [-0.3, -0.25) is 4.79 Å². The third kappa shape index (κ3) is 2.24. The lowest BCUT2D eigenvalue weighted by Gasteiger charge is -2.09. The van der Waals surface area contributed by atoms with Gasteiger partial charge in [-0.25, -0.2) is 0 Å². The zero-order valence-electron chi connectivity index (χ0n) is 9.35. The number of amides is 1. The molecule has 3 rings (SSSR count). The molecule has 1 aliphatic carbocycles. The fourth-order valence-corrected chi connectivity index (χ4v) is 2.58. The first-order chi connectivity index (χ1) is 8.34. The number of thiophene rings is 1. The van der Waals surface area contributed by atoms with Crippen LogP contribution in [0, 0.1) is 5.92 Å². The van der Waals surface area contributed by atoms with Crippen LogP contribution in [0.1, 0.15) is 12.8 Å². The van der Waals surface area contributed by atoms with Crippen molar-refractivity contribution in [2.24, 2.45) is 5.92 Å². The summed E-state index contributed by atoms with van der Waals surface area (Å²) < 4.78 is 0. The summed E-state index contributed by atoms with van der Waals surface area (Å²) in [6, 6.07) is 12.1. The number of para-hydroxylation sites is 1. The Morgan fingerprint density at radius 1 is 1.18 bits per heavy atom. The molecule has 0 spiro atoms. The monoisotopic (exact) mass is 243 g/mol. The molecule has 86 valence electrons. The highest BCUT2D eigenvalue weighted by atomic mass is 32.1. The maximum atomic E-state index is 11.8. The molecule has 17 heavy (non-hydrogen) atoms. The molecule has 2 aromatic rings. The Hall–Kier alpha value is -1.61. The predicted octanol–water partition coefficient (Wildman–Crippen LogP) is 3.76.